The topological polar surface area (TPSA) is 63.3 Å². The van der Waals surface area contributed by atoms with E-state index in [0.717, 1.165) is 0 Å². The molecule has 0 aliphatic rings. The lowest BCUT2D eigenvalue weighted by molar-refractivity contribution is 0.504. The minimum atomic E-state index is -2.37. The van der Waals surface area contributed by atoms with Gasteiger partial charge in [-0.2, -0.15) is 0 Å². The second-order valence-corrected chi connectivity index (χ2v) is 4.78. The maximum absolute atomic E-state index is 8.93. The van der Waals surface area contributed by atoms with Crippen LogP contribution in [0.1, 0.15) is 0 Å². The molecule has 17 heavy (non-hydrogen) atoms. The van der Waals surface area contributed by atoms with Gasteiger partial charge in [0, 0.05) is 9.79 Å². The van der Waals surface area contributed by atoms with Gasteiger partial charge in [-0.15, -0.1) is 4.89 Å². The molecule has 0 aromatic heterocycles. The SMILES string of the molecule is N[P+](=O)O.c1ccc(Sc2ccccc2)cc1. The van der Waals surface area contributed by atoms with Crippen molar-refractivity contribution >= 4 is 19.9 Å². The molecule has 0 radical (unpaired) electrons. The van der Waals surface area contributed by atoms with Crippen LogP contribution in [0, 0.1) is 0 Å². The molecule has 3 nitrogen and oxygen atoms in total. The fourth-order valence-corrected chi connectivity index (χ4v) is 1.97. The van der Waals surface area contributed by atoms with Gasteiger partial charge in [0.25, 0.3) is 0 Å². The Labute approximate surface area is 106 Å². The van der Waals surface area contributed by atoms with Crippen molar-refractivity contribution in [3.8, 4) is 0 Å². The van der Waals surface area contributed by atoms with E-state index in [-0.39, 0.29) is 0 Å². The van der Waals surface area contributed by atoms with E-state index in [1.807, 2.05) is 12.1 Å². The van der Waals surface area contributed by atoms with Gasteiger partial charge in [0.15, 0.2) is 0 Å². The summed E-state index contributed by atoms with van der Waals surface area (Å²) < 4.78 is 8.93. The van der Waals surface area contributed by atoms with Crippen LogP contribution in [-0.2, 0) is 4.57 Å². The lowest BCUT2D eigenvalue weighted by Crippen LogP contribution is -1.70. The number of hydrogen-bond acceptors (Lipinski definition) is 2. The van der Waals surface area contributed by atoms with Crippen molar-refractivity contribution in [3.63, 3.8) is 0 Å². The molecular formula is C12H13NO2PS+. The quantitative estimate of drug-likeness (QED) is 0.817. The Balaban J connectivity index is 0.000000317. The van der Waals surface area contributed by atoms with Crippen molar-refractivity contribution < 1.29 is 9.46 Å². The van der Waals surface area contributed by atoms with Crippen LogP contribution in [0.25, 0.3) is 0 Å². The summed E-state index contributed by atoms with van der Waals surface area (Å²) in [6, 6.07) is 20.8. The van der Waals surface area contributed by atoms with E-state index < -0.39 is 8.18 Å². The van der Waals surface area contributed by atoms with E-state index in [9.17, 15) is 0 Å². The van der Waals surface area contributed by atoms with Gasteiger partial charge >= 0.3 is 8.18 Å². The Bertz CT molecular complexity index is 409. The highest BCUT2D eigenvalue weighted by Gasteiger charge is 1.93. The minimum absolute atomic E-state index is 1.29. The van der Waals surface area contributed by atoms with Gasteiger partial charge in [-0.25, -0.2) is 0 Å². The highest BCUT2D eigenvalue weighted by molar-refractivity contribution is 7.99. The van der Waals surface area contributed by atoms with Crippen LogP contribution in [0.2, 0.25) is 0 Å². The molecule has 0 saturated carbocycles. The molecule has 88 valence electrons. The molecule has 1 atom stereocenters. The fourth-order valence-electron chi connectivity index (χ4n) is 1.11. The van der Waals surface area contributed by atoms with Crippen molar-refractivity contribution in [1.82, 2.24) is 0 Å². The van der Waals surface area contributed by atoms with Crippen LogP contribution in [0.15, 0.2) is 70.5 Å². The van der Waals surface area contributed by atoms with Gasteiger partial charge in [-0.1, -0.05) is 53.7 Å². The molecule has 0 aliphatic carbocycles. The lowest BCUT2D eigenvalue weighted by atomic mass is 10.4. The second-order valence-electron chi connectivity index (χ2n) is 3.03. The van der Waals surface area contributed by atoms with Gasteiger partial charge in [-0.3, -0.25) is 0 Å². The molecular weight excluding hydrogens is 253 g/mol. The zero-order chi connectivity index (χ0) is 12.5. The Kier molecular flexibility index (Phi) is 6.51. The molecule has 3 N–H and O–H groups in total. The largest absolute Gasteiger partial charge is 0.607 e. The molecule has 0 spiro atoms. The fraction of sp³-hybridized carbons (Fsp3) is 0. The summed E-state index contributed by atoms with van der Waals surface area (Å²) in [5.41, 5.74) is 4.18. The third-order valence-electron chi connectivity index (χ3n) is 1.72. The van der Waals surface area contributed by atoms with Crippen molar-refractivity contribution in [2.45, 2.75) is 9.79 Å². The first kappa shape index (κ1) is 13.9. The normalized spacial score (nSPS) is 10.1. The predicted molar refractivity (Wildman–Crippen MR) is 71.0 cm³/mol. The summed E-state index contributed by atoms with van der Waals surface area (Å²) in [6.07, 6.45) is 0. The third kappa shape index (κ3) is 6.87. The number of rotatable bonds is 2. The summed E-state index contributed by atoms with van der Waals surface area (Å²) >= 11 is 1.79. The van der Waals surface area contributed by atoms with Crippen molar-refractivity contribution in [2.75, 3.05) is 0 Å². The maximum Gasteiger partial charge on any atom is 0.607 e. The van der Waals surface area contributed by atoms with Gasteiger partial charge in [-0.05, 0) is 28.8 Å². The summed E-state index contributed by atoms with van der Waals surface area (Å²) in [6.45, 7) is 0. The Morgan fingerprint density at radius 2 is 1.18 bits per heavy atom. The van der Waals surface area contributed by atoms with Crippen LogP contribution in [0.4, 0.5) is 0 Å². The van der Waals surface area contributed by atoms with Crippen LogP contribution < -0.4 is 5.50 Å². The van der Waals surface area contributed by atoms with E-state index in [1.165, 1.54) is 9.79 Å². The molecule has 0 amide bonds. The summed E-state index contributed by atoms with van der Waals surface area (Å²) in [5.74, 6) is 0. The average molecular weight is 266 g/mol. The van der Waals surface area contributed by atoms with E-state index >= 15 is 0 Å². The summed E-state index contributed by atoms with van der Waals surface area (Å²) in [5, 5.41) is 0. The molecule has 2 aromatic carbocycles. The van der Waals surface area contributed by atoms with E-state index in [4.69, 9.17) is 9.46 Å². The van der Waals surface area contributed by atoms with Gasteiger partial charge in [0.2, 0.25) is 0 Å². The molecule has 0 bridgehead atoms. The molecule has 0 heterocycles. The van der Waals surface area contributed by atoms with Crippen molar-refractivity contribution in [1.29, 1.82) is 0 Å². The Morgan fingerprint density at radius 3 is 1.47 bits per heavy atom. The summed E-state index contributed by atoms with van der Waals surface area (Å²) in [4.78, 5) is 9.91. The smallest absolute Gasteiger partial charge is 0.144 e. The second kappa shape index (κ2) is 7.98. The zero-order valence-electron chi connectivity index (χ0n) is 9.06. The van der Waals surface area contributed by atoms with E-state index in [2.05, 4.69) is 54.0 Å². The van der Waals surface area contributed by atoms with Crippen molar-refractivity contribution in [3.05, 3.63) is 60.7 Å². The number of nitrogens with two attached hydrogens (primary N) is 1. The van der Waals surface area contributed by atoms with Gasteiger partial charge in [0.1, 0.15) is 0 Å². The molecule has 2 aromatic rings. The highest BCUT2D eigenvalue weighted by Crippen LogP contribution is 2.26. The molecule has 5 heteroatoms. The Morgan fingerprint density at radius 1 is 0.882 bits per heavy atom. The van der Waals surface area contributed by atoms with Crippen LogP contribution in [0.5, 0.6) is 0 Å². The number of benzene rings is 2. The van der Waals surface area contributed by atoms with Crippen LogP contribution in [-0.4, -0.2) is 4.89 Å². The Hall–Kier alpha value is -1.19. The standard InChI is InChI=1S/C12H10S.H2NO2P/c1-3-7-11(8-4-1)13-12-9-5-2-6-10-12;1-4(2)3/h1-10H;(H2-,1,2,3)/p+1. The molecule has 0 saturated heterocycles. The first-order valence-corrected chi connectivity index (χ1v) is 6.97. The maximum atomic E-state index is 8.93. The van der Waals surface area contributed by atoms with E-state index in [1.54, 1.807) is 11.8 Å². The van der Waals surface area contributed by atoms with E-state index in [0.29, 0.717) is 0 Å². The molecule has 2 rings (SSSR count). The van der Waals surface area contributed by atoms with Crippen molar-refractivity contribution in [2.24, 2.45) is 5.50 Å². The molecule has 0 fully saturated rings. The third-order valence-corrected chi connectivity index (χ3v) is 2.74. The average Bonchev–Trinajstić information content (AvgIpc) is 2.31. The first-order valence-electron chi connectivity index (χ1n) is 4.87. The first-order chi connectivity index (χ1) is 8.18. The molecule has 0 aliphatic heterocycles. The van der Waals surface area contributed by atoms with Gasteiger partial charge < -0.3 is 0 Å². The number of hydrogen-bond donors (Lipinski definition) is 2. The molecule has 1 unspecified atom stereocenters. The van der Waals surface area contributed by atoms with Gasteiger partial charge in [0.05, 0.1) is 0 Å². The highest BCUT2D eigenvalue weighted by atomic mass is 32.2. The minimum Gasteiger partial charge on any atom is -0.144 e. The predicted octanol–water partition coefficient (Wildman–Crippen LogP) is 3.43. The van der Waals surface area contributed by atoms with Crippen LogP contribution in [0.3, 0.4) is 0 Å². The zero-order valence-corrected chi connectivity index (χ0v) is 10.8. The summed E-state index contributed by atoms with van der Waals surface area (Å²) in [7, 11) is -2.37. The lowest BCUT2D eigenvalue weighted by Gasteiger charge is -1.99. The van der Waals surface area contributed by atoms with Crippen LogP contribution >= 0.6 is 19.9 Å². The monoisotopic (exact) mass is 266 g/mol.